The van der Waals surface area contributed by atoms with Gasteiger partial charge in [0.05, 0.1) is 6.54 Å². The van der Waals surface area contributed by atoms with Crippen LogP contribution in [0.15, 0.2) is 30.3 Å². The van der Waals surface area contributed by atoms with Gasteiger partial charge in [0.25, 0.3) is 0 Å². The molecule has 0 aromatic heterocycles. The Balaban J connectivity index is 2.37. The summed E-state index contributed by atoms with van der Waals surface area (Å²) in [6.45, 7) is 0.627. The topological polar surface area (TPSA) is 40.4 Å². The average molecular weight is 168 g/mol. The normalized spacial score (nSPS) is 8.23. The fourth-order valence-electron chi connectivity index (χ4n) is 0.845. The lowest BCUT2D eigenvalue weighted by atomic mass is 9.99. The third-order valence-electron chi connectivity index (χ3n) is 1.42. The molecule has 0 spiro atoms. The van der Waals surface area contributed by atoms with E-state index in [9.17, 15) is 0 Å². The number of hydrogen-bond donors (Lipinski definition) is 1. The summed E-state index contributed by atoms with van der Waals surface area (Å²) in [5.74, 6) is 7.86. The predicted octanol–water partition coefficient (Wildman–Crippen LogP) is -0.298. The highest BCUT2D eigenvalue weighted by Gasteiger charge is 1.80. The Kier molecular flexibility index (Phi) is 4.25. The summed E-state index contributed by atoms with van der Waals surface area (Å²) >= 11 is 0. The van der Waals surface area contributed by atoms with Gasteiger partial charge < -0.3 is 5.23 Å². The minimum absolute atomic E-state index is 0.627. The van der Waals surface area contributed by atoms with Crippen LogP contribution in [0.2, 0.25) is 0 Å². The van der Waals surface area contributed by atoms with Crippen molar-refractivity contribution in [2.24, 2.45) is 0 Å². The fraction of sp³-hybridized carbons (Fsp3) is 0.100. The van der Waals surface area contributed by atoms with Gasteiger partial charge in [0.15, 0.2) is 0 Å². The van der Waals surface area contributed by atoms with Crippen molar-refractivity contribution in [1.82, 2.24) is 0 Å². The van der Waals surface area contributed by atoms with E-state index < -0.39 is 0 Å². The predicted molar refractivity (Wildman–Crippen MR) is 51.5 cm³/mol. The summed E-state index contributed by atoms with van der Waals surface area (Å²) < 4.78 is 0. The molecule has 0 aliphatic heterocycles. The Labute approximate surface area is 78.8 Å². The first-order valence-corrected chi connectivity index (χ1v) is 4.02. The molecule has 2 radical (unpaired) electrons. The van der Waals surface area contributed by atoms with Crippen molar-refractivity contribution >= 4 is 7.41 Å². The van der Waals surface area contributed by atoms with Gasteiger partial charge in [0, 0.05) is 5.56 Å². The first-order chi connectivity index (χ1) is 6.43. The van der Waals surface area contributed by atoms with Crippen LogP contribution in [0.25, 0.3) is 0 Å². The molecular formula is C10H9BN2. The summed E-state index contributed by atoms with van der Waals surface area (Å²) in [5, 5.41) is 9.94. The minimum atomic E-state index is 0.627. The lowest BCUT2D eigenvalue weighted by Crippen LogP contribution is -2.86. The van der Waals surface area contributed by atoms with Crippen LogP contribution in [0, 0.1) is 23.1 Å². The van der Waals surface area contributed by atoms with E-state index in [0.717, 1.165) is 5.56 Å². The molecule has 1 rings (SSSR count). The van der Waals surface area contributed by atoms with Crippen molar-refractivity contribution in [3.05, 3.63) is 35.9 Å². The second kappa shape index (κ2) is 5.88. The third kappa shape index (κ3) is 4.01. The molecule has 0 bridgehead atoms. The van der Waals surface area contributed by atoms with Crippen molar-refractivity contribution in [3.8, 4) is 17.8 Å². The molecule has 13 heavy (non-hydrogen) atoms. The van der Waals surface area contributed by atoms with E-state index in [0.29, 0.717) is 6.54 Å². The molecule has 2 N–H and O–H groups in total. The van der Waals surface area contributed by atoms with Gasteiger partial charge in [-0.25, -0.2) is 5.26 Å². The summed E-state index contributed by atoms with van der Waals surface area (Å²) in [6.07, 6.45) is 0. The van der Waals surface area contributed by atoms with Gasteiger partial charge in [-0.1, -0.05) is 24.1 Å². The van der Waals surface area contributed by atoms with E-state index in [2.05, 4.69) is 11.8 Å². The smallest absolute Gasteiger partial charge is 0.124 e. The Hall–Kier alpha value is -1.71. The largest absolute Gasteiger partial charge is 0.559 e. The molecule has 0 saturated carbocycles. The van der Waals surface area contributed by atoms with E-state index in [-0.39, 0.29) is 0 Å². The van der Waals surface area contributed by atoms with Crippen LogP contribution in [0.5, 0.6) is 0 Å². The molecular weight excluding hydrogens is 159 g/mol. The highest BCUT2D eigenvalue weighted by molar-refractivity contribution is 6.34. The zero-order valence-corrected chi connectivity index (χ0v) is 7.20. The van der Waals surface area contributed by atoms with Crippen LogP contribution in [0.1, 0.15) is 5.56 Å². The second-order valence-corrected chi connectivity index (χ2v) is 2.40. The van der Waals surface area contributed by atoms with Crippen LogP contribution in [0.3, 0.4) is 0 Å². The average Bonchev–Trinajstić information content (AvgIpc) is 2.19. The number of nitrogens with zero attached hydrogens (tertiary/aromatic N) is 1. The number of hydrogen-bond acceptors (Lipinski definition) is 1. The minimum Gasteiger partial charge on any atom is -0.559 e. The summed E-state index contributed by atoms with van der Waals surface area (Å²) in [4.78, 5) is 0. The van der Waals surface area contributed by atoms with Gasteiger partial charge in [0.1, 0.15) is 7.41 Å². The second-order valence-electron chi connectivity index (χ2n) is 2.40. The van der Waals surface area contributed by atoms with Crippen LogP contribution in [-0.4, -0.2) is 14.0 Å². The van der Waals surface area contributed by atoms with Gasteiger partial charge >= 0.3 is 0 Å². The van der Waals surface area contributed by atoms with Crippen molar-refractivity contribution < 1.29 is 5.23 Å². The highest BCUT2D eigenvalue weighted by Crippen LogP contribution is 1.93. The Bertz CT molecular complexity index is 343. The molecule has 1 aromatic carbocycles. The Morgan fingerprint density at radius 1 is 1.31 bits per heavy atom. The van der Waals surface area contributed by atoms with Gasteiger partial charge in [-0.15, -0.1) is 5.97 Å². The molecule has 0 aliphatic rings. The zero-order valence-electron chi connectivity index (χ0n) is 7.20. The van der Waals surface area contributed by atoms with Crippen LogP contribution in [-0.2, 0) is 0 Å². The molecule has 1 aromatic rings. The maximum Gasteiger partial charge on any atom is 0.124 e. The van der Waals surface area contributed by atoms with Gasteiger partial charge in [-0.2, -0.15) is 0 Å². The van der Waals surface area contributed by atoms with Crippen molar-refractivity contribution in [1.29, 1.82) is 5.26 Å². The highest BCUT2D eigenvalue weighted by atomic mass is 14.7. The number of nitrogens with two attached hydrogens (primary N) is 1. The number of rotatable bonds is 2. The van der Waals surface area contributed by atoms with E-state index in [1.807, 2.05) is 36.3 Å². The molecule has 3 heteroatoms. The quantitative estimate of drug-likeness (QED) is 0.367. The lowest BCUT2D eigenvalue weighted by Gasteiger charge is -1.96. The first kappa shape index (κ1) is 9.38. The summed E-state index contributed by atoms with van der Waals surface area (Å²) in [6, 6.07) is 9.78. The van der Waals surface area contributed by atoms with Crippen molar-refractivity contribution in [2.45, 2.75) is 0 Å². The van der Waals surface area contributed by atoms with E-state index in [1.54, 1.807) is 5.23 Å². The fourth-order valence-corrected chi connectivity index (χ4v) is 0.845. The van der Waals surface area contributed by atoms with Gasteiger partial charge in [0.2, 0.25) is 0 Å². The van der Waals surface area contributed by atoms with E-state index in [1.165, 1.54) is 7.41 Å². The summed E-state index contributed by atoms with van der Waals surface area (Å²) in [7, 11) is 1.44. The molecule has 0 saturated heterocycles. The maximum atomic E-state index is 8.20. The number of nitriles is 1. The Morgan fingerprint density at radius 2 is 2.08 bits per heavy atom. The molecule has 0 atom stereocenters. The molecule has 0 heterocycles. The number of quaternary nitrogens is 1. The van der Waals surface area contributed by atoms with E-state index >= 15 is 0 Å². The summed E-state index contributed by atoms with van der Waals surface area (Å²) in [5.41, 5.74) is 1.01. The van der Waals surface area contributed by atoms with Gasteiger partial charge in [-0.05, 0) is 18.1 Å². The third-order valence-corrected chi connectivity index (χ3v) is 1.42. The van der Waals surface area contributed by atoms with Gasteiger partial charge in [-0.3, -0.25) is 0 Å². The standard InChI is InChI=1S/C10H9BN2/c12-9-11-13-8-4-7-10-5-2-1-3-6-10/h1-3,5-6H,8,13H2. The van der Waals surface area contributed by atoms with Crippen LogP contribution in [0.4, 0.5) is 0 Å². The van der Waals surface area contributed by atoms with Crippen molar-refractivity contribution in [3.63, 3.8) is 0 Å². The monoisotopic (exact) mass is 168 g/mol. The van der Waals surface area contributed by atoms with E-state index in [4.69, 9.17) is 5.26 Å². The molecule has 2 nitrogen and oxygen atoms in total. The van der Waals surface area contributed by atoms with Crippen LogP contribution < -0.4 is 5.23 Å². The lowest BCUT2D eigenvalue weighted by molar-refractivity contribution is -0.497. The SMILES string of the molecule is N#C[B-][NH2+]CC#Cc1ccccc1. The zero-order chi connectivity index (χ0) is 9.36. The maximum absolute atomic E-state index is 8.20. The first-order valence-electron chi connectivity index (χ1n) is 4.02. The van der Waals surface area contributed by atoms with Crippen LogP contribution >= 0.6 is 0 Å². The number of benzene rings is 1. The Morgan fingerprint density at radius 3 is 2.77 bits per heavy atom. The molecule has 0 amide bonds. The molecule has 62 valence electrons. The molecule has 0 aliphatic carbocycles. The van der Waals surface area contributed by atoms with Crippen molar-refractivity contribution in [2.75, 3.05) is 6.54 Å². The molecule has 0 fully saturated rings. The molecule has 0 unspecified atom stereocenters.